The second-order valence-corrected chi connectivity index (χ2v) is 5.58. The minimum absolute atomic E-state index is 0.0160. The third-order valence-electron chi connectivity index (χ3n) is 4.40. The summed E-state index contributed by atoms with van der Waals surface area (Å²) in [7, 11) is 0. The number of nitrogens with one attached hydrogen (secondary N) is 1. The third kappa shape index (κ3) is 2.39. The number of hydrogen-bond donors (Lipinski definition) is 1. The Morgan fingerprint density at radius 1 is 1.22 bits per heavy atom. The maximum Gasteiger partial charge on any atom is 0.228 e. The maximum absolute atomic E-state index is 12.4. The van der Waals surface area contributed by atoms with Crippen LogP contribution >= 0.6 is 0 Å². The molecule has 0 unspecified atom stereocenters. The van der Waals surface area contributed by atoms with Gasteiger partial charge in [-0.3, -0.25) is 4.79 Å². The minimum atomic E-state index is -0.0160. The fraction of sp³-hybridized carbons (Fsp3) is 0.923. The molecule has 1 spiro atoms. The van der Waals surface area contributed by atoms with E-state index in [0.717, 1.165) is 45.4 Å². The van der Waals surface area contributed by atoms with Crippen molar-refractivity contribution >= 4 is 5.91 Å². The molecule has 3 aliphatic heterocycles. The van der Waals surface area contributed by atoms with Crippen molar-refractivity contribution in [2.75, 3.05) is 46.0 Å². The lowest BCUT2D eigenvalue weighted by Gasteiger charge is -2.33. The van der Waals surface area contributed by atoms with Gasteiger partial charge in [-0.1, -0.05) is 0 Å². The largest absolute Gasteiger partial charge is 0.378 e. The van der Waals surface area contributed by atoms with E-state index in [4.69, 9.17) is 9.47 Å². The molecule has 3 heterocycles. The molecule has 3 rings (SSSR count). The normalized spacial score (nSPS) is 31.8. The average molecular weight is 254 g/mol. The molecule has 3 aliphatic rings. The first-order valence-electron chi connectivity index (χ1n) is 7.00. The van der Waals surface area contributed by atoms with Crippen LogP contribution in [-0.2, 0) is 14.3 Å². The zero-order valence-corrected chi connectivity index (χ0v) is 10.8. The zero-order chi connectivity index (χ0) is 12.4. The lowest BCUT2D eigenvalue weighted by Crippen LogP contribution is -2.45. The van der Waals surface area contributed by atoms with Crippen molar-refractivity contribution in [1.82, 2.24) is 10.2 Å². The Hall–Kier alpha value is -0.650. The summed E-state index contributed by atoms with van der Waals surface area (Å²) in [5.74, 6) is 0.343. The van der Waals surface area contributed by atoms with Gasteiger partial charge in [-0.05, 0) is 32.4 Å². The van der Waals surface area contributed by atoms with E-state index in [1.54, 1.807) is 0 Å². The molecular weight excluding hydrogens is 232 g/mol. The highest BCUT2D eigenvalue weighted by molar-refractivity contribution is 5.79. The molecule has 1 amide bonds. The van der Waals surface area contributed by atoms with Crippen LogP contribution < -0.4 is 5.32 Å². The summed E-state index contributed by atoms with van der Waals surface area (Å²) < 4.78 is 11.3. The maximum atomic E-state index is 12.4. The molecule has 1 N–H and O–H groups in total. The lowest BCUT2D eigenvalue weighted by molar-refractivity contribution is -0.139. The van der Waals surface area contributed by atoms with Crippen LogP contribution in [0, 0.1) is 5.92 Å². The Bertz CT molecular complexity index is 309. The second-order valence-electron chi connectivity index (χ2n) is 5.58. The molecule has 0 radical (unpaired) electrons. The first kappa shape index (κ1) is 12.4. The predicted octanol–water partition coefficient (Wildman–Crippen LogP) is 0.00390. The van der Waals surface area contributed by atoms with E-state index < -0.39 is 0 Å². The van der Waals surface area contributed by atoms with Gasteiger partial charge in [0.2, 0.25) is 5.91 Å². The van der Waals surface area contributed by atoms with Crippen LogP contribution in [0.25, 0.3) is 0 Å². The second kappa shape index (κ2) is 5.15. The highest BCUT2D eigenvalue weighted by atomic mass is 16.5. The molecule has 0 aromatic rings. The van der Waals surface area contributed by atoms with Crippen molar-refractivity contribution in [2.45, 2.75) is 24.9 Å². The van der Waals surface area contributed by atoms with E-state index in [0.29, 0.717) is 19.8 Å². The predicted molar refractivity (Wildman–Crippen MR) is 66.3 cm³/mol. The first-order chi connectivity index (χ1) is 8.79. The van der Waals surface area contributed by atoms with E-state index in [1.807, 2.05) is 4.90 Å². The van der Waals surface area contributed by atoms with Crippen molar-refractivity contribution in [3.8, 4) is 0 Å². The van der Waals surface area contributed by atoms with Crippen molar-refractivity contribution in [1.29, 1.82) is 0 Å². The molecule has 102 valence electrons. The number of morpholine rings is 1. The molecule has 0 aliphatic carbocycles. The molecular formula is C13H22N2O3. The number of ether oxygens (including phenoxy) is 2. The van der Waals surface area contributed by atoms with Gasteiger partial charge in [-0.2, -0.15) is 0 Å². The molecule has 1 atom stereocenters. The van der Waals surface area contributed by atoms with Crippen LogP contribution in [0.5, 0.6) is 0 Å². The van der Waals surface area contributed by atoms with Crippen LogP contribution in [-0.4, -0.2) is 62.4 Å². The molecule has 0 saturated carbocycles. The Labute approximate surface area is 108 Å². The van der Waals surface area contributed by atoms with Crippen molar-refractivity contribution in [3.63, 3.8) is 0 Å². The Morgan fingerprint density at radius 2 is 1.94 bits per heavy atom. The first-order valence-corrected chi connectivity index (χ1v) is 7.00. The molecule has 0 aromatic carbocycles. The molecule has 5 nitrogen and oxygen atoms in total. The Kier molecular flexibility index (Phi) is 3.54. The molecule has 5 heteroatoms. The Balaban J connectivity index is 1.59. The van der Waals surface area contributed by atoms with Crippen molar-refractivity contribution in [3.05, 3.63) is 0 Å². The molecule has 3 saturated heterocycles. The van der Waals surface area contributed by atoms with Crippen LogP contribution in [0.2, 0.25) is 0 Å². The van der Waals surface area contributed by atoms with Crippen molar-refractivity contribution in [2.24, 2.45) is 5.92 Å². The number of amides is 1. The summed E-state index contributed by atoms with van der Waals surface area (Å²) in [6, 6.07) is 0. The van der Waals surface area contributed by atoms with E-state index in [1.165, 1.54) is 0 Å². The quantitative estimate of drug-likeness (QED) is 0.716. The summed E-state index contributed by atoms with van der Waals surface area (Å²) in [4.78, 5) is 14.3. The van der Waals surface area contributed by atoms with E-state index >= 15 is 0 Å². The molecule has 18 heavy (non-hydrogen) atoms. The van der Waals surface area contributed by atoms with Gasteiger partial charge in [0.25, 0.3) is 0 Å². The van der Waals surface area contributed by atoms with Gasteiger partial charge in [-0.15, -0.1) is 0 Å². The topological polar surface area (TPSA) is 50.8 Å². The smallest absolute Gasteiger partial charge is 0.228 e. The monoisotopic (exact) mass is 254 g/mol. The van der Waals surface area contributed by atoms with Crippen LogP contribution in [0.4, 0.5) is 0 Å². The fourth-order valence-electron chi connectivity index (χ4n) is 3.28. The van der Waals surface area contributed by atoms with Crippen LogP contribution in [0.1, 0.15) is 19.3 Å². The van der Waals surface area contributed by atoms with Gasteiger partial charge in [-0.25, -0.2) is 0 Å². The summed E-state index contributed by atoms with van der Waals surface area (Å²) >= 11 is 0. The van der Waals surface area contributed by atoms with Gasteiger partial charge in [0, 0.05) is 13.1 Å². The summed E-state index contributed by atoms with van der Waals surface area (Å²) in [5.41, 5.74) is -0.0160. The van der Waals surface area contributed by atoms with Gasteiger partial charge < -0.3 is 19.7 Å². The number of rotatable bonds is 1. The average Bonchev–Trinajstić information content (AvgIpc) is 2.83. The van der Waals surface area contributed by atoms with Gasteiger partial charge in [0.15, 0.2) is 0 Å². The summed E-state index contributed by atoms with van der Waals surface area (Å²) in [6.45, 7) is 5.46. The van der Waals surface area contributed by atoms with Crippen LogP contribution in [0.3, 0.4) is 0 Å². The molecule has 0 bridgehead atoms. The Morgan fingerprint density at radius 3 is 2.67 bits per heavy atom. The summed E-state index contributed by atoms with van der Waals surface area (Å²) in [6.07, 6.45) is 2.99. The fourth-order valence-corrected chi connectivity index (χ4v) is 3.28. The SMILES string of the molecule is O=C([C@@H]1COC2(CCNCC2)C1)N1CCOCC1. The van der Waals surface area contributed by atoms with Gasteiger partial charge in [0.1, 0.15) is 0 Å². The third-order valence-corrected chi connectivity index (χ3v) is 4.40. The van der Waals surface area contributed by atoms with E-state index in [-0.39, 0.29) is 17.4 Å². The number of piperidine rings is 1. The van der Waals surface area contributed by atoms with Gasteiger partial charge in [0.05, 0.1) is 31.3 Å². The standard InChI is InChI=1S/C13H22N2O3/c16-12(15-5-7-17-8-6-15)11-9-13(18-10-11)1-3-14-4-2-13/h11,14H,1-10H2/t11-/m0/s1. The van der Waals surface area contributed by atoms with Gasteiger partial charge >= 0.3 is 0 Å². The zero-order valence-electron chi connectivity index (χ0n) is 10.8. The molecule has 0 aromatic heterocycles. The number of carbonyl (C=O) groups is 1. The number of nitrogens with zero attached hydrogens (tertiary/aromatic N) is 1. The highest BCUT2D eigenvalue weighted by Crippen LogP contribution is 2.37. The number of carbonyl (C=O) groups excluding carboxylic acids is 1. The lowest BCUT2D eigenvalue weighted by atomic mass is 9.85. The van der Waals surface area contributed by atoms with E-state index in [2.05, 4.69) is 5.32 Å². The van der Waals surface area contributed by atoms with Crippen molar-refractivity contribution < 1.29 is 14.3 Å². The molecule has 3 fully saturated rings. The van der Waals surface area contributed by atoms with Crippen LogP contribution in [0.15, 0.2) is 0 Å². The highest BCUT2D eigenvalue weighted by Gasteiger charge is 2.44. The minimum Gasteiger partial charge on any atom is -0.378 e. The number of hydrogen-bond acceptors (Lipinski definition) is 4. The van der Waals surface area contributed by atoms with E-state index in [9.17, 15) is 4.79 Å². The summed E-state index contributed by atoms with van der Waals surface area (Å²) in [5, 5.41) is 3.35.